The van der Waals surface area contributed by atoms with Gasteiger partial charge in [0.25, 0.3) is 11.8 Å². The van der Waals surface area contributed by atoms with Crippen LogP contribution in [-0.2, 0) is 30.3 Å². The summed E-state index contributed by atoms with van der Waals surface area (Å²) < 4.78 is 10.9. The number of aliphatic hydroxyl groups is 1. The van der Waals surface area contributed by atoms with Gasteiger partial charge >= 0.3 is 5.97 Å². The number of esters is 1. The molecule has 3 amide bonds. The zero-order valence-corrected chi connectivity index (χ0v) is 22.5. The number of amides is 3. The average Bonchev–Trinajstić information content (AvgIpc) is 2.92. The van der Waals surface area contributed by atoms with Gasteiger partial charge in [0.05, 0.1) is 43.2 Å². The summed E-state index contributed by atoms with van der Waals surface area (Å²) in [6.45, 7) is 3.45. The Morgan fingerprint density at radius 1 is 1.12 bits per heavy atom. The third-order valence-electron chi connectivity index (χ3n) is 7.51. The third-order valence-corrected chi connectivity index (χ3v) is 7.51. The second-order valence-corrected chi connectivity index (χ2v) is 10.3. The van der Waals surface area contributed by atoms with Crippen molar-refractivity contribution in [2.75, 3.05) is 20.3 Å². The second kappa shape index (κ2) is 12.4. The van der Waals surface area contributed by atoms with Crippen LogP contribution in [0.2, 0.25) is 0 Å². The van der Waals surface area contributed by atoms with Gasteiger partial charge in [0.15, 0.2) is 11.8 Å². The highest BCUT2D eigenvalue weighted by molar-refractivity contribution is 5.98. The molecule has 0 spiro atoms. The number of likely N-dealkylation sites (N-methyl/N-ethyl adjacent to an activating group) is 1. The van der Waals surface area contributed by atoms with Crippen molar-refractivity contribution in [1.82, 2.24) is 20.5 Å². The number of aromatic nitrogens is 1. The molecular formula is C28H34N4O8. The molecule has 1 aromatic carbocycles. The Balaban J connectivity index is 1.71. The van der Waals surface area contributed by atoms with E-state index in [0.29, 0.717) is 0 Å². The van der Waals surface area contributed by atoms with Crippen LogP contribution in [-0.4, -0.2) is 94.4 Å². The number of benzene rings is 1. The monoisotopic (exact) mass is 554 g/mol. The maximum atomic E-state index is 13.8. The minimum Gasteiger partial charge on any atom is -0.505 e. The van der Waals surface area contributed by atoms with E-state index in [4.69, 9.17) is 9.47 Å². The van der Waals surface area contributed by atoms with Crippen molar-refractivity contribution in [2.24, 2.45) is 11.8 Å². The number of carbonyl (C=O) groups excluding carboxylic acids is 4. The largest absolute Gasteiger partial charge is 0.505 e. The number of nitrogens with zero attached hydrogens (tertiary/aromatic N) is 2. The van der Waals surface area contributed by atoms with Crippen molar-refractivity contribution < 1.29 is 38.9 Å². The maximum Gasteiger partial charge on any atom is 0.312 e. The van der Waals surface area contributed by atoms with E-state index < -0.39 is 65.9 Å². The summed E-state index contributed by atoms with van der Waals surface area (Å²) in [7, 11) is 1.45. The van der Waals surface area contributed by atoms with Gasteiger partial charge < -0.3 is 35.2 Å². The molecule has 2 aliphatic rings. The summed E-state index contributed by atoms with van der Waals surface area (Å²) >= 11 is 0. The predicted octanol–water partition coefficient (Wildman–Crippen LogP) is 0.0288. The van der Waals surface area contributed by atoms with Crippen molar-refractivity contribution in [2.45, 2.75) is 50.6 Å². The molecule has 40 heavy (non-hydrogen) atoms. The Hall–Kier alpha value is -4.03. The third kappa shape index (κ3) is 6.23. The zero-order valence-electron chi connectivity index (χ0n) is 22.5. The molecular weight excluding hydrogens is 520 g/mol. The number of aromatic hydroxyl groups is 1. The number of cyclic esters (lactones) is 1. The first-order chi connectivity index (χ1) is 19.1. The lowest BCUT2D eigenvalue weighted by Crippen LogP contribution is -2.63. The Morgan fingerprint density at radius 3 is 2.45 bits per heavy atom. The number of pyridine rings is 1. The van der Waals surface area contributed by atoms with Crippen LogP contribution in [0.4, 0.5) is 0 Å². The number of aliphatic hydroxyl groups excluding tert-OH is 1. The van der Waals surface area contributed by atoms with Gasteiger partial charge in [-0.2, -0.15) is 0 Å². The molecule has 2 aliphatic heterocycles. The molecule has 1 unspecified atom stereocenters. The molecule has 12 nitrogen and oxygen atoms in total. The first-order valence-corrected chi connectivity index (χ1v) is 13.1. The van der Waals surface area contributed by atoms with E-state index in [2.05, 4.69) is 15.6 Å². The summed E-state index contributed by atoms with van der Waals surface area (Å²) in [4.78, 5) is 58.7. The van der Waals surface area contributed by atoms with Crippen molar-refractivity contribution in [1.29, 1.82) is 0 Å². The molecule has 0 saturated carbocycles. The van der Waals surface area contributed by atoms with Crippen molar-refractivity contribution in [3.8, 4) is 5.75 Å². The summed E-state index contributed by atoms with van der Waals surface area (Å²) in [5.41, 5.74) is 0.499. The minimum absolute atomic E-state index is 0.177. The molecule has 0 radical (unpaired) electrons. The molecule has 4 N–H and O–H groups in total. The lowest BCUT2D eigenvalue weighted by atomic mass is 9.91. The van der Waals surface area contributed by atoms with Crippen molar-refractivity contribution in [3.63, 3.8) is 0 Å². The summed E-state index contributed by atoms with van der Waals surface area (Å²) in [5.74, 6) is -4.75. The molecule has 6 atom stereocenters. The highest BCUT2D eigenvalue weighted by atomic mass is 16.6. The normalized spacial score (nSPS) is 28.4. The summed E-state index contributed by atoms with van der Waals surface area (Å²) in [6.07, 6.45) is -1.08. The van der Waals surface area contributed by atoms with Crippen molar-refractivity contribution >= 4 is 23.7 Å². The number of nitrogens with one attached hydrogen (secondary N) is 2. The van der Waals surface area contributed by atoms with Crippen LogP contribution in [0.5, 0.6) is 5.75 Å². The quantitative estimate of drug-likeness (QED) is 0.373. The molecule has 2 saturated heterocycles. The van der Waals surface area contributed by atoms with Gasteiger partial charge in [-0.1, -0.05) is 30.3 Å². The molecule has 4 rings (SSSR count). The predicted molar refractivity (Wildman–Crippen MR) is 141 cm³/mol. The van der Waals surface area contributed by atoms with E-state index >= 15 is 0 Å². The number of rotatable bonds is 5. The van der Waals surface area contributed by atoms with Gasteiger partial charge in [0.2, 0.25) is 5.91 Å². The Kier molecular flexibility index (Phi) is 9.00. The van der Waals surface area contributed by atoms with Crippen molar-refractivity contribution in [3.05, 3.63) is 59.9 Å². The maximum absolute atomic E-state index is 13.8. The van der Waals surface area contributed by atoms with E-state index in [1.54, 1.807) is 6.92 Å². The van der Waals surface area contributed by atoms with E-state index in [-0.39, 0.29) is 31.1 Å². The topological polar surface area (TPSA) is 167 Å². The second-order valence-electron chi connectivity index (χ2n) is 10.3. The first kappa shape index (κ1) is 29.0. The van der Waals surface area contributed by atoms with Gasteiger partial charge in [-0.15, -0.1) is 0 Å². The number of hydrogen-bond acceptors (Lipinski definition) is 9. The van der Waals surface area contributed by atoms with E-state index in [1.807, 2.05) is 30.3 Å². The Morgan fingerprint density at radius 2 is 1.82 bits per heavy atom. The molecule has 12 heteroatoms. The molecule has 3 heterocycles. The lowest BCUT2D eigenvalue weighted by Gasteiger charge is -2.40. The summed E-state index contributed by atoms with van der Waals surface area (Å²) in [6, 6.07) is 8.63. The fourth-order valence-corrected chi connectivity index (χ4v) is 4.71. The highest BCUT2D eigenvalue weighted by Crippen LogP contribution is 2.25. The molecule has 2 aromatic rings. The molecule has 214 valence electrons. The lowest BCUT2D eigenvalue weighted by molar-refractivity contribution is -0.182. The molecule has 0 aliphatic carbocycles. The fourth-order valence-electron chi connectivity index (χ4n) is 4.71. The van der Waals surface area contributed by atoms with Crippen LogP contribution in [0.15, 0.2) is 48.7 Å². The van der Waals surface area contributed by atoms with Crippen LogP contribution in [0.3, 0.4) is 0 Å². The number of hydrogen-bond donors (Lipinski definition) is 4. The Bertz CT molecular complexity index is 1240. The fraction of sp³-hybridized carbons (Fsp3) is 0.464. The van der Waals surface area contributed by atoms with E-state index in [0.717, 1.165) is 5.56 Å². The van der Waals surface area contributed by atoms with Gasteiger partial charge in [-0.05, 0) is 38.0 Å². The van der Waals surface area contributed by atoms with Crippen LogP contribution in [0, 0.1) is 11.8 Å². The van der Waals surface area contributed by atoms with Gasteiger partial charge in [-0.3, -0.25) is 19.2 Å². The van der Waals surface area contributed by atoms with Gasteiger partial charge in [0, 0.05) is 13.2 Å². The molecule has 1 aromatic heterocycles. The number of carbonyl (C=O) groups is 4. The molecule has 2 fully saturated rings. The van der Waals surface area contributed by atoms with Gasteiger partial charge in [-0.25, -0.2) is 4.98 Å². The SMILES string of the molecule is C[C@@H]1[C@H](NC(=O)c2ncccc2O)C(=O)N[C@@H](Cc2ccccc2)[C@@H](O)[C@@H](C)C(=O)OC(C2COC2)C(=O)N1C. The summed E-state index contributed by atoms with van der Waals surface area (Å²) in [5, 5.41) is 26.8. The van der Waals surface area contributed by atoms with Crippen LogP contribution >= 0.6 is 0 Å². The highest BCUT2D eigenvalue weighted by Gasteiger charge is 2.44. The van der Waals surface area contributed by atoms with Gasteiger partial charge in [0.1, 0.15) is 11.8 Å². The smallest absolute Gasteiger partial charge is 0.312 e. The average molecular weight is 555 g/mol. The van der Waals surface area contributed by atoms with Crippen LogP contribution in [0.25, 0.3) is 0 Å². The van der Waals surface area contributed by atoms with E-state index in [1.165, 1.54) is 37.2 Å². The van der Waals surface area contributed by atoms with E-state index in [9.17, 15) is 29.4 Å². The van der Waals surface area contributed by atoms with Crippen LogP contribution < -0.4 is 10.6 Å². The first-order valence-electron chi connectivity index (χ1n) is 13.1. The Labute approximate surface area is 231 Å². The minimum atomic E-state index is -1.38. The standard InChI is InChI=1S/C28H34N4O8/c1-15-23(34)19(12-17-8-5-4-6-9-17)30-25(35)21(31-26(36)22-20(33)10-7-11-29-22)16(2)32(3)27(37)24(40-28(15)38)18-13-39-14-18/h4-11,15-16,18-19,21,23-24,33-34H,12-14H2,1-3H3,(H,30,35)(H,31,36)/t15-,16-,19+,21+,23+,24?/m1/s1. The van der Waals surface area contributed by atoms with Crippen LogP contribution in [0.1, 0.15) is 29.9 Å². The number of ether oxygens (including phenoxy) is 2. The molecule has 0 bridgehead atoms. The zero-order chi connectivity index (χ0) is 29.0.